The molecule has 0 radical (unpaired) electrons. The molecule has 1 saturated heterocycles. The first-order chi connectivity index (χ1) is 12.9. The fraction of sp³-hybridized carbons (Fsp3) is 0.526. The lowest BCUT2D eigenvalue weighted by Gasteiger charge is -2.24. The zero-order valence-corrected chi connectivity index (χ0v) is 15.4. The molecule has 2 atom stereocenters. The monoisotopic (exact) mass is 368 g/mol. The maximum absolute atomic E-state index is 12.5. The minimum atomic E-state index is -0.433. The molecule has 4 rings (SSSR count). The Labute approximate surface area is 156 Å². The summed E-state index contributed by atoms with van der Waals surface area (Å²) in [5, 5.41) is 0.392. The Morgan fingerprint density at radius 1 is 1.37 bits per heavy atom. The van der Waals surface area contributed by atoms with Gasteiger partial charge < -0.3 is 21.2 Å². The van der Waals surface area contributed by atoms with Gasteiger partial charge in [0.1, 0.15) is 0 Å². The molecular weight excluding hydrogens is 344 g/mol. The number of rotatable bonds is 4. The first-order valence-electron chi connectivity index (χ1n) is 9.33. The second-order valence-corrected chi connectivity index (χ2v) is 7.69. The van der Waals surface area contributed by atoms with Gasteiger partial charge in [0, 0.05) is 36.4 Å². The molecule has 2 aliphatic rings. The number of benzene rings is 1. The number of hydrogen-bond donors (Lipinski definition) is 3. The molecule has 0 amide bonds. The van der Waals surface area contributed by atoms with Crippen molar-refractivity contribution in [2.75, 3.05) is 30.3 Å². The van der Waals surface area contributed by atoms with E-state index < -0.39 is 5.56 Å². The van der Waals surface area contributed by atoms with Crippen LogP contribution in [0.5, 0.6) is 0 Å². The highest BCUT2D eigenvalue weighted by Gasteiger charge is 2.32. The molecule has 0 spiro atoms. The van der Waals surface area contributed by atoms with Gasteiger partial charge in [-0.05, 0) is 37.8 Å². The Morgan fingerprint density at radius 3 is 2.78 bits per heavy atom. The maximum Gasteiger partial charge on any atom is 0.329 e. The number of aromatic nitrogens is 2. The third-order valence-electron chi connectivity index (χ3n) is 5.85. The van der Waals surface area contributed by atoms with E-state index in [0.717, 1.165) is 43.6 Å². The highest BCUT2D eigenvalue weighted by Crippen LogP contribution is 2.39. The highest BCUT2D eigenvalue weighted by atomic mass is 16.2. The lowest BCUT2D eigenvalue weighted by Crippen LogP contribution is -2.35. The number of anilines is 2. The second-order valence-electron chi connectivity index (χ2n) is 7.69. The van der Waals surface area contributed by atoms with Crippen molar-refractivity contribution >= 4 is 22.3 Å². The van der Waals surface area contributed by atoms with Gasteiger partial charge in [-0.15, -0.1) is 0 Å². The molecule has 2 heterocycles. The second kappa shape index (κ2) is 6.43. The molecule has 2 aromatic rings. The average Bonchev–Trinajstić information content (AvgIpc) is 3.32. The quantitative estimate of drug-likeness (QED) is 0.550. The largest absolute Gasteiger partial charge is 0.398 e. The smallest absolute Gasteiger partial charge is 0.329 e. The van der Waals surface area contributed by atoms with Crippen LogP contribution < -0.4 is 27.6 Å². The van der Waals surface area contributed by atoms with Crippen LogP contribution in [0.4, 0.5) is 11.4 Å². The molecule has 27 heavy (non-hydrogen) atoms. The van der Waals surface area contributed by atoms with Crippen LogP contribution in [0.2, 0.25) is 0 Å². The predicted octanol–water partition coefficient (Wildman–Crippen LogP) is 0.988. The van der Waals surface area contributed by atoms with Crippen molar-refractivity contribution in [3.63, 3.8) is 0 Å². The minimum absolute atomic E-state index is 0.128. The van der Waals surface area contributed by atoms with E-state index in [1.165, 1.54) is 0 Å². The van der Waals surface area contributed by atoms with Gasteiger partial charge in [0.25, 0.3) is 5.56 Å². The van der Waals surface area contributed by atoms with Crippen molar-refractivity contribution < 1.29 is 0 Å². The van der Waals surface area contributed by atoms with Crippen molar-refractivity contribution in [3.05, 3.63) is 43.9 Å². The van der Waals surface area contributed by atoms with E-state index in [1.54, 1.807) is 4.57 Å². The fourth-order valence-corrected chi connectivity index (χ4v) is 4.25. The van der Waals surface area contributed by atoms with Gasteiger partial charge in [-0.3, -0.25) is 14.3 Å². The molecule has 5 N–H and O–H groups in total. The summed E-state index contributed by atoms with van der Waals surface area (Å²) in [7, 11) is 0. The first-order valence-corrected chi connectivity index (χ1v) is 9.33. The van der Waals surface area contributed by atoms with Gasteiger partial charge in [-0.25, -0.2) is 11.4 Å². The van der Waals surface area contributed by atoms with Crippen LogP contribution in [0, 0.1) is 19.4 Å². The van der Waals surface area contributed by atoms with Crippen LogP contribution in [-0.2, 0) is 0 Å². The molecule has 1 aliphatic carbocycles. The van der Waals surface area contributed by atoms with Gasteiger partial charge >= 0.3 is 5.69 Å². The number of nitrogen functional groups attached to an aromatic ring is 1. The number of nitrogens with one attached hydrogen (secondary N) is 1. The summed E-state index contributed by atoms with van der Waals surface area (Å²) in [6.07, 6.45) is 2.78. The van der Waals surface area contributed by atoms with Crippen molar-refractivity contribution in [1.82, 2.24) is 9.55 Å². The van der Waals surface area contributed by atoms with Crippen molar-refractivity contribution in [1.29, 1.82) is 0 Å². The Morgan fingerprint density at radius 2 is 2.11 bits per heavy atom. The zero-order valence-electron chi connectivity index (χ0n) is 15.4. The summed E-state index contributed by atoms with van der Waals surface area (Å²) < 4.78 is 1.70. The molecule has 1 aromatic heterocycles. The summed E-state index contributed by atoms with van der Waals surface area (Å²) in [5.41, 5.74) is 14.5. The third-order valence-corrected chi connectivity index (χ3v) is 5.85. The molecule has 1 saturated carbocycles. The number of nitrogens with zero attached hydrogens (tertiary/aromatic N) is 3. The summed E-state index contributed by atoms with van der Waals surface area (Å²) in [4.78, 5) is 32.9. The third kappa shape index (κ3) is 2.88. The van der Waals surface area contributed by atoms with Gasteiger partial charge in [0.05, 0.1) is 16.9 Å². The lowest BCUT2D eigenvalue weighted by molar-refractivity contribution is 0.480. The van der Waals surface area contributed by atoms with E-state index in [2.05, 4.69) is 14.7 Å². The maximum atomic E-state index is 12.5. The molecule has 1 aromatic carbocycles. The summed E-state index contributed by atoms with van der Waals surface area (Å²) >= 11 is 0. The van der Waals surface area contributed by atoms with E-state index in [-0.39, 0.29) is 23.7 Å². The Hall–Kier alpha value is -2.79. The molecule has 142 valence electrons. The number of nitrogens with two attached hydrogens (primary N) is 2. The van der Waals surface area contributed by atoms with E-state index >= 15 is 0 Å². The SMILES string of the molecule is [C-]#[N+]CC(N)C1CCN(c2cc(N)c3c(=O)[nH]c(=O)n(C4CC4)c3c2C)C1. The van der Waals surface area contributed by atoms with Gasteiger partial charge in [0.15, 0.2) is 0 Å². The number of H-pyrrole nitrogens is 1. The average molecular weight is 368 g/mol. The number of aryl methyl sites for hydroxylation is 1. The van der Waals surface area contributed by atoms with Crippen LogP contribution in [0.1, 0.15) is 30.9 Å². The highest BCUT2D eigenvalue weighted by molar-refractivity contribution is 5.96. The van der Waals surface area contributed by atoms with E-state index in [4.69, 9.17) is 18.0 Å². The predicted molar refractivity (Wildman–Crippen MR) is 106 cm³/mol. The van der Waals surface area contributed by atoms with Crippen LogP contribution in [0.3, 0.4) is 0 Å². The molecule has 1 aliphatic heterocycles. The summed E-state index contributed by atoms with van der Waals surface area (Å²) in [6.45, 7) is 10.9. The number of aromatic amines is 1. The van der Waals surface area contributed by atoms with E-state index in [9.17, 15) is 9.59 Å². The number of hydrogen-bond acceptors (Lipinski definition) is 5. The van der Waals surface area contributed by atoms with Crippen LogP contribution in [-0.4, -0.2) is 35.2 Å². The molecule has 2 fully saturated rings. The van der Waals surface area contributed by atoms with Crippen LogP contribution >= 0.6 is 0 Å². The van der Waals surface area contributed by atoms with E-state index in [0.29, 0.717) is 23.1 Å². The zero-order chi connectivity index (χ0) is 19.3. The van der Waals surface area contributed by atoms with Crippen LogP contribution in [0.15, 0.2) is 15.7 Å². The molecule has 2 unspecified atom stereocenters. The molecule has 8 heteroatoms. The van der Waals surface area contributed by atoms with Gasteiger partial charge in [-0.1, -0.05) is 0 Å². The van der Waals surface area contributed by atoms with Crippen LogP contribution in [0.25, 0.3) is 15.7 Å². The van der Waals surface area contributed by atoms with Crippen molar-refractivity contribution in [2.24, 2.45) is 11.7 Å². The molecule has 0 bridgehead atoms. The lowest BCUT2D eigenvalue weighted by atomic mass is 10.00. The Kier molecular flexibility index (Phi) is 4.19. The Balaban J connectivity index is 1.83. The first kappa shape index (κ1) is 17.6. The van der Waals surface area contributed by atoms with E-state index in [1.807, 2.05) is 13.0 Å². The molecular formula is C19H24N6O2. The summed E-state index contributed by atoms with van der Waals surface area (Å²) in [6, 6.07) is 1.82. The van der Waals surface area contributed by atoms with Crippen molar-refractivity contribution in [2.45, 2.75) is 38.3 Å². The minimum Gasteiger partial charge on any atom is -0.398 e. The summed E-state index contributed by atoms with van der Waals surface area (Å²) in [5.74, 6) is 0.250. The normalized spacial score (nSPS) is 20.8. The van der Waals surface area contributed by atoms with Gasteiger partial charge in [0.2, 0.25) is 6.54 Å². The fourth-order valence-electron chi connectivity index (χ4n) is 4.25. The Bertz CT molecular complexity index is 1060. The molecule has 8 nitrogen and oxygen atoms in total. The van der Waals surface area contributed by atoms with Gasteiger partial charge in [-0.2, -0.15) is 0 Å². The standard InChI is InChI=1S/C19H24N6O2/c1-10-15(24-6-5-11(9-24)14(21)8-22-2)7-13(20)16-17(10)25(12-3-4-12)19(27)23-18(16)26/h7,11-12,14H,3-6,8-9,20-21H2,1H3,(H,23,26,27). The van der Waals surface area contributed by atoms with Crippen molar-refractivity contribution in [3.8, 4) is 0 Å². The topological polar surface area (TPSA) is 114 Å². The number of fused-ring (bicyclic) bond motifs is 1.